The van der Waals surface area contributed by atoms with Crippen LogP contribution in [0.15, 0.2) is 40.9 Å². The standard InChI is InChI=1S/C30H35N5O4/c1-18-7-8-22(33-28(36)24-14-20(30(2,3)4)13-19(17-31)27(24)38-6)15-23(18)25-16-26(39-34-25)29(37)32-21-9-11-35(5)12-10-21/h7-8,13-16,21H,9-12H2,1-6H3,(H,32,37)(H,33,36). The van der Waals surface area contributed by atoms with Crippen molar-refractivity contribution in [3.63, 3.8) is 0 Å². The summed E-state index contributed by atoms with van der Waals surface area (Å²) in [7, 11) is 3.52. The van der Waals surface area contributed by atoms with E-state index in [4.69, 9.17) is 9.26 Å². The Morgan fingerprint density at radius 3 is 2.49 bits per heavy atom. The molecule has 2 N–H and O–H groups in total. The predicted octanol–water partition coefficient (Wildman–Crippen LogP) is 4.90. The number of carbonyl (C=O) groups excluding carboxylic acids is 2. The van der Waals surface area contributed by atoms with Crippen LogP contribution in [0.5, 0.6) is 5.75 Å². The number of aryl methyl sites for hydroxylation is 1. The van der Waals surface area contributed by atoms with Crippen LogP contribution >= 0.6 is 0 Å². The number of rotatable bonds is 6. The number of amides is 2. The first-order valence-electron chi connectivity index (χ1n) is 13.0. The highest BCUT2D eigenvalue weighted by molar-refractivity contribution is 6.07. The Labute approximate surface area is 229 Å². The Bertz CT molecular complexity index is 1420. The average molecular weight is 530 g/mol. The minimum absolute atomic E-state index is 0.109. The van der Waals surface area contributed by atoms with Gasteiger partial charge < -0.3 is 24.8 Å². The molecule has 0 atom stereocenters. The van der Waals surface area contributed by atoms with Crippen LogP contribution in [-0.2, 0) is 5.41 Å². The van der Waals surface area contributed by atoms with Crippen molar-refractivity contribution in [2.75, 3.05) is 32.6 Å². The van der Waals surface area contributed by atoms with Crippen molar-refractivity contribution in [2.24, 2.45) is 0 Å². The van der Waals surface area contributed by atoms with Crippen LogP contribution < -0.4 is 15.4 Å². The quantitative estimate of drug-likeness (QED) is 0.466. The number of benzene rings is 2. The van der Waals surface area contributed by atoms with Gasteiger partial charge in [0, 0.05) is 23.4 Å². The third-order valence-electron chi connectivity index (χ3n) is 7.08. The van der Waals surface area contributed by atoms with Gasteiger partial charge in [-0.15, -0.1) is 0 Å². The second-order valence-corrected chi connectivity index (χ2v) is 11.1. The summed E-state index contributed by atoms with van der Waals surface area (Å²) in [5.74, 6) is -0.315. The number of methoxy groups -OCH3 is 1. The zero-order valence-corrected chi connectivity index (χ0v) is 23.3. The Balaban J connectivity index is 1.56. The lowest BCUT2D eigenvalue weighted by Gasteiger charge is -2.29. The van der Waals surface area contributed by atoms with Crippen molar-refractivity contribution in [1.29, 1.82) is 5.26 Å². The highest BCUT2D eigenvalue weighted by Crippen LogP contribution is 2.33. The first kappa shape index (κ1) is 27.9. The van der Waals surface area contributed by atoms with E-state index in [2.05, 4.69) is 33.8 Å². The molecule has 2 heterocycles. The van der Waals surface area contributed by atoms with Crippen LogP contribution in [0.4, 0.5) is 5.69 Å². The van der Waals surface area contributed by atoms with Gasteiger partial charge in [-0.3, -0.25) is 9.59 Å². The van der Waals surface area contributed by atoms with Crippen LogP contribution in [-0.4, -0.2) is 55.2 Å². The number of nitriles is 1. The number of nitrogens with zero attached hydrogens (tertiary/aromatic N) is 3. The summed E-state index contributed by atoms with van der Waals surface area (Å²) >= 11 is 0. The third kappa shape index (κ3) is 6.29. The lowest BCUT2D eigenvalue weighted by molar-refractivity contribution is 0.0879. The number of hydrogen-bond acceptors (Lipinski definition) is 7. The van der Waals surface area contributed by atoms with Crippen molar-refractivity contribution in [1.82, 2.24) is 15.4 Å². The molecule has 9 nitrogen and oxygen atoms in total. The van der Waals surface area contributed by atoms with E-state index in [9.17, 15) is 14.9 Å². The second kappa shape index (κ2) is 11.3. The Kier molecular flexibility index (Phi) is 8.07. The van der Waals surface area contributed by atoms with E-state index in [1.54, 1.807) is 30.3 Å². The molecule has 0 bridgehead atoms. The van der Waals surface area contributed by atoms with Gasteiger partial charge in [-0.2, -0.15) is 5.26 Å². The topological polar surface area (TPSA) is 120 Å². The summed E-state index contributed by atoms with van der Waals surface area (Å²) in [5.41, 5.74) is 3.81. The maximum absolute atomic E-state index is 13.4. The number of likely N-dealkylation sites (tertiary alicyclic amines) is 1. The van der Waals surface area contributed by atoms with Crippen LogP contribution in [0.25, 0.3) is 11.3 Å². The Hall–Kier alpha value is -4.16. The van der Waals surface area contributed by atoms with Gasteiger partial charge in [0.15, 0.2) is 0 Å². The van der Waals surface area contributed by atoms with Gasteiger partial charge in [0.1, 0.15) is 17.5 Å². The molecule has 0 radical (unpaired) electrons. The van der Waals surface area contributed by atoms with E-state index < -0.39 is 5.91 Å². The maximum atomic E-state index is 13.4. The fraction of sp³-hybridized carbons (Fsp3) is 0.400. The van der Waals surface area contributed by atoms with E-state index in [0.29, 0.717) is 16.9 Å². The molecule has 2 aromatic carbocycles. The molecule has 39 heavy (non-hydrogen) atoms. The van der Waals surface area contributed by atoms with E-state index in [1.165, 1.54) is 7.11 Å². The zero-order valence-electron chi connectivity index (χ0n) is 23.3. The molecule has 2 amide bonds. The van der Waals surface area contributed by atoms with Gasteiger partial charge in [0.25, 0.3) is 11.8 Å². The van der Waals surface area contributed by atoms with Crippen LogP contribution in [0.2, 0.25) is 0 Å². The van der Waals surface area contributed by atoms with Crippen molar-refractivity contribution in [2.45, 2.75) is 52.0 Å². The summed E-state index contributed by atoms with van der Waals surface area (Å²) in [6.45, 7) is 9.85. The van der Waals surface area contributed by atoms with Gasteiger partial charge in [0.2, 0.25) is 5.76 Å². The Morgan fingerprint density at radius 2 is 1.85 bits per heavy atom. The molecular formula is C30H35N5O4. The van der Waals surface area contributed by atoms with Crippen molar-refractivity contribution in [3.8, 4) is 23.1 Å². The summed E-state index contributed by atoms with van der Waals surface area (Å²) in [6, 6.07) is 12.8. The van der Waals surface area contributed by atoms with Crippen molar-refractivity contribution >= 4 is 17.5 Å². The molecule has 9 heteroatoms. The van der Waals surface area contributed by atoms with E-state index in [-0.39, 0.29) is 34.4 Å². The SMILES string of the molecule is COc1c(C#N)cc(C(C)(C)C)cc1C(=O)Nc1ccc(C)c(-c2cc(C(=O)NC3CCN(C)CC3)on2)c1. The minimum Gasteiger partial charge on any atom is -0.495 e. The fourth-order valence-corrected chi connectivity index (χ4v) is 4.63. The van der Waals surface area contributed by atoms with Crippen LogP contribution in [0, 0.1) is 18.3 Å². The molecule has 1 fully saturated rings. The molecule has 3 aromatic rings. The molecule has 1 aliphatic heterocycles. The lowest BCUT2D eigenvalue weighted by Crippen LogP contribution is -2.43. The number of aromatic nitrogens is 1. The van der Waals surface area contributed by atoms with Gasteiger partial charge in [-0.05, 0) is 80.7 Å². The number of ether oxygens (including phenoxy) is 1. The molecule has 0 spiro atoms. The van der Waals surface area contributed by atoms with E-state index in [0.717, 1.165) is 42.6 Å². The normalized spacial score (nSPS) is 14.5. The molecule has 0 unspecified atom stereocenters. The monoisotopic (exact) mass is 529 g/mol. The predicted molar refractivity (Wildman–Crippen MR) is 149 cm³/mol. The van der Waals surface area contributed by atoms with Crippen LogP contribution in [0.3, 0.4) is 0 Å². The smallest absolute Gasteiger partial charge is 0.290 e. The summed E-state index contributed by atoms with van der Waals surface area (Å²) < 4.78 is 10.8. The van der Waals surface area contributed by atoms with Crippen molar-refractivity contribution in [3.05, 3.63) is 64.4 Å². The number of carbonyl (C=O) groups is 2. The van der Waals surface area contributed by atoms with Crippen molar-refractivity contribution < 1.29 is 18.8 Å². The summed E-state index contributed by atoms with van der Waals surface area (Å²) in [6.07, 6.45) is 1.78. The molecule has 4 rings (SSSR count). The number of hydrogen-bond donors (Lipinski definition) is 2. The molecule has 0 saturated carbocycles. The van der Waals surface area contributed by atoms with Gasteiger partial charge >= 0.3 is 0 Å². The van der Waals surface area contributed by atoms with Gasteiger partial charge in [-0.1, -0.05) is 32.0 Å². The summed E-state index contributed by atoms with van der Waals surface area (Å²) in [5, 5.41) is 19.7. The van der Waals surface area contributed by atoms with Gasteiger partial charge in [-0.25, -0.2) is 0 Å². The van der Waals surface area contributed by atoms with Gasteiger partial charge in [0.05, 0.1) is 18.2 Å². The molecule has 1 aliphatic rings. The fourth-order valence-electron chi connectivity index (χ4n) is 4.63. The first-order chi connectivity index (χ1) is 18.5. The molecular weight excluding hydrogens is 494 g/mol. The highest BCUT2D eigenvalue weighted by atomic mass is 16.5. The van der Waals surface area contributed by atoms with Crippen LogP contribution in [0.1, 0.15) is 71.2 Å². The minimum atomic E-state index is -0.400. The number of anilines is 1. The third-order valence-corrected chi connectivity index (χ3v) is 7.08. The molecule has 1 saturated heterocycles. The highest BCUT2D eigenvalue weighted by Gasteiger charge is 2.24. The Morgan fingerprint density at radius 1 is 1.13 bits per heavy atom. The summed E-state index contributed by atoms with van der Waals surface area (Å²) in [4.78, 5) is 28.4. The average Bonchev–Trinajstić information content (AvgIpc) is 3.40. The lowest BCUT2D eigenvalue weighted by atomic mass is 9.84. The molecule has 1 aromatic heterocycles. The largest absolute Gasteiger partial charge is 0.495 e. The maximum Gasteiger partial charge on any atom is 0.290 e. The molecule has 204 valence electrons. The number of piperidine rings is 1. The second-order valence-electron chi connectivity index (χ2n) is 11.1. The molecule has 0 aliphatic carbocycles. The van der Waals surface area contributed by atoms with E-state index in [1.807, 2.05) is 33.8 Å². The number of nitrogens with one attached hydrogen (secondary N) is 2. The van der Waals surface area contributed by atoms with E-state index >= 15 is 0 Å². The zero-order chi connectivity index (χ0) is 28.3. The first-order valence-corrected chi connectivity index (χ1v) is 13.0.